The average molecular weight is 196 g/mol. The van der Waals surface area contributed by atoms with Gasteiger partial charge in [-0.3, -0.25) is 4.57 Å². The van der Waals surface area contributed by atoms with Gasteiger partial charge < -0.3 is 4.52 Å². The number of hydrogen-bond acceptors (Lipinski definition) is 3. The predicted molar refractivity (Wildman–Crippen MR) is 52.5 cm³/mol. The van der Waals surface area contributed by atoms with Crippen LogP contribution in [0.15, 0.2) is 0 Å². The zero-order valence-corrected chi connectivity index (χ0v) is 9.37. The summed E-state index contributed by atoms with van der Waals surface area (Å²) in [6.07, 6.45) is 1.66. The zero-order chi connectivity index (χ0) is 8.91. The molecule has 0 aromatic rings. The second-order valence-corrected chi connectivity index (χ2v) is 7.97. The van der Waals surface area contributed by atoms with E-state index in [1.54, 1.807) is 0 Å². The Hall–Kier alpha value is 0.540. The number of rotatable bonds is 5. The molecule has 0 aliphatic heterocycles. The third-order valence-corrected chi connectivity index (χ3v) is 7.19. The van der Waals surface area contributed by atoms with Gasteiger partial charge in [0.1, 0.15) is 0 Å². The van der Waals surface area contributed by atoms with Gasteiger partial charge in [-0.1, -0.05) is 32.2 Å². The Labute approximate surface area is 73.3 Å². The first kappa shape index (κ1) is 11.5. The Bertz CT molecular complexity index is 141. The molecule has 0 saturated carbocycles. The molecule has 2 unspecified atom stereocenters. The van der Waals surface area contributed by atoms with E-state index in [2.05, 4.69) is 13.8 Å². The lowest BCUT2D eigenvalue weighted by atomic mass is 10.4. The van der Waals surface area contributed by atoms with E-state index in [9.17, 15) is 4.57 Å². The van der Waals surface area contributed by atoms with E-state index in [1.165, 1.54) is 18.5 Å². The minimum atomic E-state index is -2.34. The van der Waals surface area contributed by atoms with Gasteiger partial charge in [0.2, 0.25) is 0 Å². The normalized spacial score (nSPS) is 19.3. The van der Waals surface area contributed by atoms with Crippen LogP contribution in [0.4, 0.5) is 0 Å². The highest BCUT2D eigenvalue weighted by atomic mass is 32.7. The summed E-state index contributed by atoms with van der Waals surface area (Å²) in [4.78, 5) is 0. The van der Waals surface area contributed by atoms with Crippen molar-refractivity contribution < 1.29 is 9.09 Å². The van der Waals surface area contributed by atoms with Gasteiger partial charge in [-0.2, -0.15) is 0 Å². The maximum absolute atomic E-state index is 11.7. The highest BCUT2D eigenvalue weighted by Crippen LogP contribution is 2.60. The van der Waals surface area contributed by atoms with Crippen molar-refractivity contribution in [2.75, 3.05) is 13.3 Å². The van der Waals surface area contributed by atoms with Crippen LogP contribution in [-0.4, -0.2) is 18.5 Å². The van der Waals surface area contributed by atoms with E-state index < -0.39 is 6.57 Å². The summed E-state index contributed by atoms with van der Waals surface area (Å²) < 4.78 is 16.6. The van der Waals surface area contributed by atoms with Crippen LogP contribution < -0.4 is 0 Å². The van der Waals surface area contributed by atoms with Crippen LogP contribution in [-0.2, 0) is 9.09 Å². The minimum Gasteiger partial charge on any atom is -0.324 e. The minimum absolute atomic E-state index is 0.431. The summed E-state index contributed by atoms with van der Waals surface area (Å²) in [6, 6.07) is 0. The average Bonchev–Trinajstić information content (AvgIpc) is 2.04. The molecule has 2 atom stereocenters. The lowest BCUT2D eigenvalue weighted by Gasteiger charge is -2.16. The Balaban J connectivity index is 3.97. The van der Waals surface area contributed by atoms with Crippen molar-refractivity contribution in [3.05, 3.63) is 0 Å². The molecule has 0 rings (SSSR count). The lowest BCUT2D eigenvalue weighted by Crippen LogP contribution is -1.94. The fourth-order valence-corrected chi connectivity index (χ4v) is 4.58. The molecular weight excluding hydrogens is 179 g/mol. The topological polar surface area (TPSA) is 26.3 Å². The van der Waals surface area contributed by atoms with Crippen molar-refractivity contribution in [2.24, 2.45) is 0 Å². The van der Waals surface area contributed by atoms with Crippen molar-refractivity contribution in [3.8, 4) is 0 Å². The molecule has 0 spiro atoms. The van der Waals surface area contributed by atoms with Gasteiger partial charge in [0.05, 0.1) is 0 Å². The van der Waals surface area contributed by atoms with E-state index >= 15 is 0 Å². The Morgan fingerprint density at radius 3 is 2.36 bits per heavy atom. The molecule has 0 bridgehead atoms. The SMILES string of the molecule is CCC(C)SP(=O)(CC)OC. The third kappa shape index (κ3) is 4.19. The maximum Gasteiger partial charge on any atom is 0.257 e. The summed E-state index contributed by atoms with van der Waals surface area (Å²) in [5, 5.41) is 0.431. The number of hydrogen-bond donors (Lipinski definition) is 0. The van der Waals surface area contributed by atoms with Crippen LogP contribution in [0.1, 0.15) is 27.2 Å². The summed E-state index contributed by atoms with van der Waals surface area (Å²) in [5.74, 6) is 0. The molecule has 0 aromatic heterocycles. The van der Waals surface area contributed by atoms with E-state index in [4.69, 9.17) is 4.52 Å². The van der Waals surface area contributed by atoms with Gasteiger partial charge in [0.25, 0.3) is 6.57 Å². The molecule has 0 heterocycles. The molecule has 4 heteroatoms. The smallest absolute Gasteiger partial charge is 0.257 e. The zero-order valence-electron chi connectivity index (χ0n) is 7.66. The second kappa shape index (κ2) is 5.23. The lowest BCUT2D eigenvalue weighted by molar-refractivity contribution is 0.410. The molecular formula is C7H17O2PS. The van der Waals surface area contributed by atoms with Gasteiger partial charge in [-0.05, 0) is 6.42 Å². The van der Waals surface area contributed by atoms with Gasteiger partial charge in [-0.25, -0.2) is 0 Å². The van der Waals surface area contributed by atoms with E-state index in [1.807, 2.05) is 6.92 Å². The fourth-order valence-electron chi connectivity index (χ4n) is 0.595. The summed E-state index contributed by atoms with van der Waals surface area (Å²) in [7, 11) is 1.53. The molecule has 0 aliphatic carbocycles. The largest absolute Gasteiger partial charge is 0.324 e. The van der Waals surface area contributed by atoms with Crippen LogP contribution in [0.5, 0.6) is 0 Å². The molecule has 0 aliphatic rings. The van der Waals surface area contributed by atoms with E-state index in [0.29, 0.717) is 11.4 Å². The van der Waals surface area contributed by atoms with Crippen LogP contribution in [0, 0.1) is 0 Å². The molecule has 0 fully saturated rings. The second-order valence-electron chi connectivity index (χ2n) is 2.43. The van der Waals surface area contributed by atoms with Gasteiger partial charge in [0.15, 0.2) is 0 Å². The van der Waals surface area contributed by atoms with Crippen LogP contribution in [0.25, 0.3) is 0 Å². The Morgan fingerprint density at radius 1 is 1.55 bits per heavy atom. The molecule has 68 valence electrons. The van der Waals surface area contributed by atoms with Crippen molar-refractivity contribution in [1.82, 2.24) is 0 Å². The van der Waals surface area contributed by atoms with Crippen molar-refractivity contribution >= 4 is 18.0 Å². The van der Waals surface area contributed by atoms with Gasteiger partial charge in [0, 0.05) is 18.5 Å². The highest BCUT2D eigenvalue weighted by Gasteiger charge is 2.21. The molecule has 0 saturated heterocycles. The summed E-state index contributed by atoms with van der Waals surface area (Å²) in [6.45, 7) is 3.73. The monoisotopic (exact) mass is 196 g/mol. The van der Waals surface area contributed by atoms with Crippen LogP contribution in [0.2, 0.25) is 0 Å². The Morgan fingerprint density at radius 2 is 2.09 bits per heavy atom. The standard InChI is InChI=1S/C7H17O2PS/c1-5-7(3)11-10(8,6-2)9-4/h7H,5-6H2,1-4H3. The summed E-state index contributed by atoms with van der Waals surface area (Å²) in [5.41, 5.74) is 0. The molecule has 0 aromatic carbocycles. The van der Waals surface area contributed by atoms with Crippen LogP contribution >= 0.6 is 18.0 Å². The molecule has 0 radical (unpaired) electrons. The maximum atomic E-state index is 11.7. The first-order valence-electron chi connectivity index (χ1n) is 3.91. The van der Waals surface area contributed by atoms with Gasteiger partial charge in [-0.15, -0.1) is 0 Å². The van der Waals surface area contributed by atoms with Crippen molar-refractivity contribution in [1.29, 1.82) is 0 Å². The van der Waals surface area contributed by atoms with Crippen molar-refractivity contribution in [3.63, 3.8) is 0 Å². The van der Waals surface area contributed by atoms with Crippen molar-refractivity contribution in [2.45, 2.75) is 32.4 Å². The Kier molecular flexibility index (Phi) is 5.49. The first-order chi connectivity index (χ1) is 5.08. The van der Waals surface area contributed by atoms with Crippen LogP contribution in [0.3, 0.4) is 0 Å². The first-order valence-corrected chi connectivity index (χ1v) is 7.20. The summed E-state index contributed by atoms with van der Waals surface area (Å²) >= 11 is 1.48. The van der Waals surface area contributed by atoms with E-state index in [-0.39, 0.29) is 0 Å². The highest BCUT2D eigenvalue weighted by molar-refractivity contribution is 8.56. The quantitative estimate of drug-likeness (QED) is 0.630. The molecule has 0 N–H and O–H groups in total. The molecule has 11 heavy (non-hydrogen) atoms. The fraction of sp³-hybridized carbons (Fsp3) is 1.00. The predicted octanol–water partition coefficient (Wildman–Crippen LogP) is 3.38. The van der Waals surface area contributed by atoms with Gasteiger partial charge >= 0.3 is 0 Å². The molecule has 0 amide bonds. The third-order valence-electron chi connectivity index (χ3n) is 1.58. The molecule has 2 nitrogen and oxygen atoms in total. The van der Waals surface area contributed by atoms with E-state index in [0.717, 1.165) is 6.42 Å².